The van der Waals surface area contributed by atoms with E-state index in [2.05, 4.69) is 5.32 Å². The average Bonchev–Trinajstić information content (AvgIpc) is 2.54. The molecule has 0 bridgehead atoms. The first-order valence-corrected chi connectivity index (χ1v) is 7.65. The Hall–Kier alpha value is -2.81. The lowest BCUT2D eigenvalue weighted by atomic mass is 10.1. The molecule has 1 amide bonds. The molecule has 1 atom stereocenters. The van der Waals surface area contributed by atoms with Crippen LogP contribution in [0, 0.1) is 6.92 Å². The van der Waals surface area contributed by atoms with E-state index in [1.807, 2.05) is 73.7 Å². The van der Waals surface area contributed by atoms with Gasteiger partial charge in [0.05, 0.1) is 0 Å². The number of hydrogen-bond acceptors (Lipinski definition) is 2. The van der Waals surface area contributed by atoms with Crippen molar-refractivity contribution in [2.24, 2.45) is 0 Å². The predicted octanol–water partition coefficient (Wildman–Crippen LogP) is 4.55. The van der Waals surface area contributed by atoms with Crippen molar-refractivity contribution in [1.82, 2.24) is 0 Å². The lowest BCUT2D eigenvalue weighted by molar-refractivity contribution is -0.122. The van der Waals surface area contributed by atoms with Crippen LogP contribution in [0.2, 0.25) is 0 Å². The highest BCUT2D eigenvalue weighted by Crippen LogP contribution is 2.21. The molecule has 0 fully saturated rings. The number of nitrogens with one attached hydrogen (secondary N) is 1. The summed E-state index contributed by atoms with van der Waals surface area (Å²) in [6.07, 6.45) is -0.573. The lowest BCUT2D eigenvalue weighted by Crippen LogP contribution is -2.30. The summed E-state index contributed by atoms with van der Waals surface area (Å²) in [5, 5.41) is 5.12. The Morgan fingerprint density at radius 1 is 0.957 bits per heavy atom. The summed E-state index contributed by atoms with van der Waals surface area (Å²) in [7, 11) is 0. The Morgan fingerprint density at radius 2 is 1.74 bits per heavy atom. The number of benzene rings is 3. The molecular formula is C20H19NO2. The van der Waals surface area contributed by atoms with Crippen LogP contribution in [0.3, 0.4) is 0 Å². The number of rotatable bonds is 4. The summed E-state index contributed by atoms with van der Waals surface area (Å²) in [6, 6.07) is 21.6. The molecule has 1 N–H and O–H groups in total. The molecule has 0 aliphatic rings. The van der Waals surface area contributed by atoms with Crippen LogP contribution in [0.25, 0.3) is 10.8 Å². The van der Waals surface area contributed by atoms with Gasteiger partial charge in [0, 0.05) is 5.69 Å². The molecule has 0 heterocycles. The second kappa shape index (κ2) is 6.53. The van der Waals surface area contributed by atoms with E-state index < -0.39 is 6.10 Å². The summed E-state index contributed by atoms with van der Waals surface area (Å²) in [6.45, 7) is 3.74. The quantitative estimate of drug-likeness (QED) is 0.767. The predicted molar refractivity (Wildman–Crippen MR) is 93.8 cm³/mol. The van der Waals surface area contributed by atoms with E-state index in [4.69, 9.17) is 4.74 Å². The first kappa shape index (κ1) is 15.1. The van der Waals surface area contributed by atoms with Crippen molar-refractivity contribution in [1.29, 1.82) is 0 Å². The Balaban J connectivity index is 1.69. The van der Waals surface area contributed by atoms with Crippen LogP contribution >= 0.6 is 0 Å². The molecule has 23 heavy (non-hydrogen) atoms. The van der Waals surface area contributed by atoms with E-state index in [0.29, 0.717) is 5.75 Å². The molecule has 116 valence electrons. The molecule has 3 aromatic carbocycles. The average molecular weight is 305 g/mol. The maximum absolute atomic E-state index is 12.3. The highest BCUT2D eigenvalue weighted by molar-refractivity contribution is 5.94. The van der Waals surface area contributed by atoms with E-state index in [0.717, 1.165) is 22.0 Å². The molecule has 3 heteroatoms. The Labute approximate surface area is 135 Å². The van der Waals surface area contributed by atoms with Gasteiger partial charge in [-0.25, -0.2) is 0 Å². The van der Waals surface area contributed by atoms with Crippen molar-refractivity contribution in [2.45, 2.75) is 20.0 Å². The first-order chi connectivity index (χ1) is 11.1. The van der Waals surface area contributed by atoms with Crippen molar-refractivity contribution < 1.29 is 9.53 Å². The molecule has 1 unspecified atom stereocenters. The number of carbonyl (C=O) groups is 1. The van der Waals surface area contributed by atoms with Crippen LogP contribution < -0.4 is 10.1 Å². The lowest BCUT2D eigenvalue weighted by Gasteiger charge is -2.15. The van der Waals surface area contributed by atoms with Gasteiger partial charge in [-0.2, -0.15) is 0 Å². The van der Waals surface area contributed by atoms with Crippen molar-refractivity contribution in [3.05, 3.63) is 72.3 Å². The van der Waals surface area contributed by atoms with Crippen LogP contribution in [0.15, 0.2) is 66.7 Å². The molecule has 0 saturated heterocycles. The second-order valence-corrected chi connectivity index (χ2v) is 5.63. The van der Waals surface area contributed by atoms with Gasteiger partial charge >= 0.3 is 0 Å². The van der Waals surface area contributed by atoms with Crippen LogP contribution in [-0.4, -0.2) is 12.0 Å². The topological polar surface area (TPSA) is 38.3 Å². The van der Waals surface area contributed by atoms with E-state index in [1.165, 1.54) is 0 Å². The highest BCUT2D eigenvalue weighted by atomic mass is 16.5. The minimum atomic E-state index is -0.573. The zero-order valence-corrected chi connectivity index (χ0v) is 13.2. The van der Waals surface area contributed by atoms with Crippen molar-refractivity contribution in [2.75, 3.05) is 5.32 Å². The third kappa shape index (κ3) is 3.69. The van der Waals surface area contributed by atoms with E-state index >= 15 is 0 Å². The molecule has 3 rings (SSSR count). The van der Waals surface area contributed by atoms with Gasteiger partial charge in [0.15, 0.2) is 6.10 Å². The second-order valence-electron chi connectivity index (χ2n) is 5.63. The zero-order valence-electron chi connectivity index (χ0n) is 13.2. The fourth-order valence-corrected chi connectivity index (χ4v) is 2.47. The van der Waals surface area contributed by atoms with Gasteiger partial charge in [0.2, 0.25) is 0 Å². The third-order valence-electron chi connectivity index (χ3n) is 3.69. The summed E-state index contributed by atoms with van der Waals surface area (Å²) >= 11 is 0. The highest BCUT2D eigenvalue weighted by Gasteiger charge is 2.15. The molecule has 0 aliphatic heterocycles. The Kier molecular flexibility index (Phi) is 4.29. The normalized spacial score (nSPS) is 11.9. The van der Waals surface area contributed by atoms with E-state index in [-0.39, 0.29) is 5.91 Å². The zero-order chi connectivity index (χ0) is 16.2. The maximum Gasteiger partial charge on any atom is 0.265 e. The molecule has 3 aromatic rings. The number of hydrogen-bond donors (Lipinski definition) is 1. The van der Waals surface area contributed by atoms with Gasteiger partial charge in [-0.1, -0.05) is 42.5 Å². The van der Waals surface area contributed by atoms with Crippen LogP contribution in [-0.2, 0) is 4.79 Å². The number of anilines is 1. The largest absolute Gasteiger partial charge is 0.481 e. The molecule has 0 aromatic heterocycles. The van der Waals surface area contributed by atoms with Crippen molar-refractivity contribution >= 4 is 22.4 Å². The van der Waals surface area contributed by atoms with E-state index in [1.54, 1.807) is 6.92 Å². The molecule has 0 aliphatic carbocycles. The number of carbonyl (C=O) groups excluding carboxylic acids is 1. The molecule has 0 spiro atoms. The first-order valence-electron chi connectivity index (χ1n) is 7.65. The van der Waals surface area contributed by atoms with Gasteiger partial charge < -0.3 is 10.1 Å². The Morgan fingerprint density at radius 3 is 2.52 bits per heavy atom. The van der Waals surface area contributed by atoms with Crippen LogP contribution in [0.4, 0.5) is 5.69 Å². The van der Waals surface area contributed by atoms with Gasteiger partial charge in [-0.15, -0.1) is 0 Å². The minimum absolute atomic E-state index is 0.163. The number of ether oxygens (including phenoxy) is 1. The standard InChI is InChI=1S/C20H19NO2/c1-14-6-5-9-18(12-14)21-20(22)15(2)23-19-11-10-16-7-3-4-8-17(16)13-19/h3-13,15H,1-2H3,(H,21,22). The fourth-order valence-electron chi connectivity index (χ4n) is 2.47. The summed E-state index contributed by atoms with van der Waals surface area (Å²) in [5.74, 6) is 0.527. The maximum atomic E-state index is 12.3. The number of aryl methyl sites for hydroxylation is 1. The number of fused-ring (bicyclic) bond motifs is 1. The third-order valence-corrected chi connectivity index (χ3v) is 3.69. The van der Waals surface area contributed by atoms with Gasteiger partial charge in [0.1, 0.15) is 5.75 Å². The summed E-state index contributed by atoms with van der Waals surface area (Å²) < 4.78 is 5.77. The van der Waals surface area contributed by atoms with Gasteiger partial charge in [-0.05, 0) is 54.4 Å². The fraction of sp³-hybridized carbons (Fsp3) is 0.150. The van der Waals surface area contributed by atoms with Crippen LogP contribution in [0.5, 0.6) is 5.75 Å². The van der Waals surface area contributed by atoms with Crippen LogP contribution in [0.1, 0.15) is 12.5 Å². The monoisotopic (exact) mass is 305 g/mol. The van der Waals surface area contributed by atoms with Gasteiger partial charge in [-0.3, -0.25) is 4.79 Å². The number of amides is 1. The van der Waals surface area contributed by atoms with Gasteiger partial charge in [0.25, 0.3) is 5.91 Å². The molecule has 3 nitrogen and oxygen atoms in total. The van der Waals surface area contributed by atoms with Crippen molar-refractivity contribution in [3.8, 4) is 5.75 Å². The van der Waals surface area contributed by atoms with E-state index in [9.17, 15) is 4.79 Å². The smallest absolute Gasteiger partial charge is 0.265 e. The summed E-state index contributed by atoms with van der Waals surface area (Å²) in [4.78, 5) is 12.3. The summed E-state index contributed by atoms with van der Waals surface area (Å²) in [5.41, 5.74) is 1.88. The minimum Gasteiger partial charge on any atom is -0.481 e. The molecule has 0 radical (unpaired) electrons. The Bertz CT molecular complexity index is 842. The van der Waals surface area contributed by atoms with Crippen molar-refractivity contribution in [3.63, 3.8) is 0 Å². The molecule has 0 saturated carbocycles. The SMILES string of the molecule is Cc1cccc(NC(=O)C(C)Oc2ccc3ccccc3c2)c1. The molecular weight excluding hydrogens is 286 g/mol.